The summed E-state index contributed by atoms with van der Waals surface area (Å²) in [5, 5.41) is 3.18. The quantitative estimate of drug-likeness (QED) is 0.594. The number of rotatable bonds is 5. The summed E-state index contributed by atoms with van der Waals surface area (Å²) in [6, 6.07) is 0. The van der Waals surface area contributed by atoms with Crippen molar-refractivity contribution in [1.29, 1.82) is 0 Å². The molecule has 1 fully saturated rings. The van der Waals surface area contributed by atoms with Crippen molar-refractivity contribution in [3.05, 3.63) is 0 Å². The van der Waals surface area contributed by atoms with E-state index in [9.17, 15) is 9.59 Å². The van der Waals surface area contributed by atoms with Crippen molar-refractivity contribution in [2.45, 2.75) is 19.8 Å². The molecule has 0 aromatic carbocycles. The van der Waals surface area contributed by atoms with Gasteiger partial charge in [0.15, 0.2) is 0 Å². The van der Waals surface area contributed by atoms with Gasteiger partial charge < -0.3 is 16.0 Å². The molecule has 0 aromatic heterocycles. The Morgan fingerprint density at radius 3 is 2.80 bits per heavy atom. The van der Waals surface area contributed by atoms with Gasteiger partial charge >= 0.3 is 0 Å². The smallest absolute Gasteiger partial charge is 0.219 e. The van der Waals surface area contributed by atoms with Gasteiger partial charge in [0.05, 0.1) is 0 Å². The fourth-order valence-corrected chi connectivity index (χ4v) is 1.80. The van der Waals surface area contributed by atoms with Crippen LogP contribution in [-0.2, 0) is 9.59 Å². The Morgan fingerprint density at radius 2 is 2.27 bits per heavy atom. The van der Waals surface area contributed by atoms with E-state index in [4.69, 9.17) is 5.73 Å². The van der Waals surface area contributed by atoms with Crippen LogP contribution in [-0.4, -0.2) is 42.9 Å². The van der Waals surface area contributed by atoms with Gasteiger partial charge in [-0.3, -0.25) is 9.59 Å². The number of nitrogens with one attached hydrogen (secondary N) is 1. The Hall–Kier alpha value is -1.10. The highest BCUT2D eigenvalue weighted by atomic mass is 16.2. The van der Waals surface area contributed by atoms with Crippen molar-refractivity contribution in [1.82, 2.24) is 10.2 Å². The average Bonchev–Trinajstić information content (AvgIpc) is 2.60. The molecular formula is C10H19N3O2. The normalized spacial score (nSPS) is 20.6. The third-order valence-corrected chi connectivity index (χ3v) is 2.71. The third kappa shape index (κ3) is 4.29. The minimum atomic E-state index is -0.278. The van der Waals surface area contributed by atoms with Gasteiger partial charge in [0.25, 0.3) is 0 Å². The highest BCUT2D eigenvalue weighted by molar-refractivity contribution is 5.74. The van der Waals surface area contributed by atoms with Crippen LogP contribution in [0.5, 0.6) is 0 Å². The molecule has 0 aromatic rings. The van der Waals surface area contributed by atoms with Crippen LogP contribution in [0.4, 0.5) is 0 Å². The zero-order valence-electron chi connectivity index (χ0n) is 9.16. The zero-order valence-corrected chi connectivity index (χ0v) is 9.16. The lowest BCUT2D eigenvalue weighted by atomic mass is 10.1. The molecule has 5 heteroatoms. The highest BCUT2D eigenvalue weighted by Crippen LogP contribution is 2.14. The summed E-state index contributed by atoms with van der Waals surface area (Å²) in [5.74, 6) is 0.385. The van der Waals surface area contributed by atoms with E-state index in [1.165, 1.54) is 0 Å². The van der Waals surface area contributed by atoms with E-state index in [0.717, 1.165) is 26.1 Å². The van der Waals surface area contributed by atoms with Crippen LogP contribution in [0, 0.1) is 5.92 Å². The summed E-state index contributed by atoms with van der Waals surface area (Å²) in [5.41, 5.74) is 5.02. The fourth-order valence-electron chi connectivity index (χ4n) is 1.80. The van der Waals surface area contributed by atoms with Gasteiger partial charge in [-0.05, 0) is 18.9 Å². The molecule has 15 heavy (non-hydrogen) atoms. The van der Waals surface area contributed by atoms with Gasteiger partial charge in [0, 0.05) is 33.0 Å². The molecule has 1 rings (SSSR count). The maximum absolute atomic E-state index is 11.1. The number of carbonyl (C=O) groups excluding carboxylic acids is 2. The summed E-state index contributed by atoms with van der Waals surface area (Å²) >= 11 is 0. The average molecular weight is 213 g/mol. The van der Waals surface area contributed by atoms with Crippen LogP contribution in [0.2, 0.25) is 0 Å². The molecular weight excluding hydrogens is 194 g/mol. The van der Waals surface area contributed by atoms with Gasteiger partial charge in [-0.15, -0.1) is 0 Å². The topological polar surface area (TPSA) is 75.4 Å². The molecule has 2 amide bonds. The first-order valence-electron chi connectivity index (χ1n) is 5.34. The maximum Gasteiger partial charge on any atom is 0.219 e. The van der Waals surface area contributed by atoms with Gasteiger partial charge in [-0.1, -0.05) is 0 Å². The third-order valence-electron chi connectivity index (χ3n) is 2.71. The van der Waals surface area contributed by atoms with E-state index >= 15 is 0 Å². The first-order chi connectivity index (χ1) is 7.09. The fraction of sp³-hybridized carbons (Fsp3) is 0.800. The number of amides is 2. The molecule has 0 aliphatic carbocycles. The monoisotopic (exact) mass is 213 g/mol. The minimum absolute atomic E-state index is 0.148. The molecule has 86 valence electrons. The maximum atomic E-state index is 11.1. The lowest BCUT2D eigenvalue weighted by Gasteiger charge is -2.14. The zero-order chi connectivity index (χ0) is 11.3. The van der Waals surface area contributed by atoms with Crippen LogP contribution in [0.25, 0.3) is 0 Å². The first-order valence-corrected chi connectivity index (χ1v) is 5.34. The Bertz CT molecular complexity index is 243. The van der Waals surface area contributed by atoms with Gasteiger partial charge in [-0.25, -0.2) is 0 Å². The predicted molar refractivity (Wildman–Crippen MR) is 57.0 cm³/mol. The minimum Gasteiger partial charge on any atom is -0.370 e. The van der Waals surface area contributed by atoms with Crippen LogP contribution < -0.4 is 11.1 Å². The Kier molecular flexibility index (Phi) is 4.55. The van der Waals surface area contributed by atoms with E-state index < -0.39 is 0 Å². The van der Waals surface area contributed by atoms with Crippen molar-refractivity contribution in [2.75, 3.05) is 26.2 Å². The number of hydrogen-bond donors (Lipinski definition) is 2. The van der Waals surface area contributed by atoms with Crippen molar-refractivity contribution in [3.63, 3.8) is 0 Å². The molecule has 1 aliphatic heterocycles. The summed E-state index contributed by atoms with van der Waals surface area (Å²) in [6.45, 7) is 4.78. The molecule has 1 heterocycles. The molecule has 0 bridgehead atoms. The second-order valence-corrected chi connectivity index (χ2v) is 4.04. The van der Waals surface area contributed by atoms with Gasteiger partial charge in [-0.2, -0.15) is 0 Å². The van der Waals surface area contributed by atoms with E-state index in [2.05, 4.69) is 5.32 Å². The van der Waals surface area contributed by atoms with E-state index in [-0.39, 0.29) is 11.8 Å². The van der Waals surface area contributed by atoms with Crippen molar-refractivity contribution in [3.8, 4) is 0 Å². The molecule has 1 unspecified atom stereocenters. The molecule has 0 radical (unpaired) electrons. The van der Waals surface area contributed by atoms with E-state index in [1.54, 1.807) is 6.92 Å². The molecule has 5 nitrogen and oxygen atoms in total. The largest absolute Gasteiger partial charge is 0.370 e. The number of carbonyl (C=O) groups is 2. The van der Waals surface area contributed by atoms with Gasteiger partial charge in [0.1, 0.15) is 0 Å². The number of likely N-dealkylation sites (tertiary alicyclic amines) is 1. The van der Waals surface area contributed by atoms with Crippen LogP contribution in [0.3, 0.4) is 0 Å². The molecule has 1 aliphatic rings. The molecule has 0 saturated carbocycles. The Labute approximate surface area is 90.0 Å². The molecule has 1 atom stereocenters. The summed E-state index contributed by atoms with van der Waals surface area (Å²) in [7, 11) is 0. The second-order valence-electron chi connectivity index (χ2n) is 4.04. The van der Waals surface area contributed by atoms with Crippen LogP contribution in [0.1, 0.15) is 19.8 Å². The summed E-state index contributed by atoms with van der Waals surface area (Å²) in [4.78, 5) is 23.4. The van der Waals surface area contributed by atoms with E-state index in [0.29, 0.717) is 18.9 Å². The lowest BCUT2D eigenvalue weighted by Crippen LogP contribution is -2.30. The van der Waals surface area contributed by atoms with Crippen LogP contribution >= 0.6 is 0 Å². The summed E-state index contributed by atoms with van der Waals surface area (Å²) < 4.78 is 0. The van der Waals surface area contributed by atoms with Crippen molar-refractivity contribution >= 4 is 11.8 Å². The molecule has 1 saturated heterocycles. The number of primary amides is 1. The number of hydrogen-bond acceptors (Lipinski definition) is 3. The summed E-state index contributed by atoms with van der Waals surface area (Å²) in [6.07, 6.45) is 1.42. The van der Waals surface area contributed by atoms with Crippen molar-refractivity contribution < 1.29 is 9.59 Å². The Morgan fingerprint density at radius 1 is 1.53 bits per heavy atom. The highest BCUT2D eigenvalue weighted by Gasteiger charge is 2.23. The number of nitrogens with zero attached hydrogens (tertiary/aromatic N) is 1. The molecule has 0 spiro atoms. The SMILES string of the molecule is CC(=O)N1CCC(CNCCC(N)=O)C1. The standard InChI is InChI=1S/C10H19N3O2/c1-8(14)13-5-3-9(7-13)6-12-4-2-10(11)15/h9,12H,2-7H2,1H3,(H2,11,15). The number of nitrogens with two attached hydrogens (primary N) is 1. The second kappa shape index (κ2) is 5.70. The van der Waals surface area contributed by atoms with Gasteiger partial charge in [0.2, 0.25) is 11.8 Å². The molecule has 3 N–H and O–H groups in total. The lowest BCUT2D eigenvalue weighted by molar-refractivity contribution is -0.127. The van der Waals surface area contributed by atoms with Crippen LogP contribution in [0.15, 0.2) is 0 Å². The van der Waals surface area contributed by atoms with E-state index in [1.807, 2.05) is 4.90 Å². The predicted octanol–water partition coefficient (Wildman–Crippen LogP) is -0.680. The van der Waals surface area contributed by atoms with Crippen molar-refractivity contribution in [2.24, 2.45) is 11.7 Å². The Balaban J connectivity index is 2.09. The first kappa shape index (κ1) is 12.0.